The summed E-state index contributed by atoms with van der Waals surface area (Å²) >= 11 is 1.47. The van der Waals surface area contributed by atoms with Gasteiger partial charge in [-0.15, -0.1) is 11.3 Å². The molecule has 0 spiro atoms. The van der Waals surface area contributed by atoms with E-state index in [1.807, 2.05) is 29.6 Å². The third kappa shape index (κ3) is 3.72. The number of carbonyl (C=O) groups is 1. The molecule has 0 bridgehead atoms. The molecule has 6 heteroatoms. The van der Waals surface area contributed by atoms with E-state index < -0.39 is 5.97 Å². The largest absolute Gasteiger partial charge is 0.508 e. The molecule has 2 aromatic carbocycles. The summed E-state index contributed by atoms with van der Waals surface area (Å²) < 4.78 is 10.4. The summed E-state index contributed by atoms with van der Waals surface area (Å²) in [5, 5.41) is 12.1. The summed E-state index contributed by atoms with van der Waals surface area (Å²) in [7, 11) is 1.62. The first-order chi connectivity index (χ1) is 11.7. The lowest BCUT2D eigenvalue weighted by Crippen LogP contribution is -2.05. The van der Waals surface area contributed by atoms with Crippen molar-refractivity contribution in [2.75, 3.05) is 7.11 Å². The summed E-state index contributed by atoms with van der Waals surface area (Å²) in [4.78, 5) is 16.4. The van der Waals surface area contributed by atoms with Gasteiger partial charge in [-0.05, 0) is 30.3 Å². The topological polar surface area (TPSA) is 68.7 Å². The molecule has 0 radical (unpaired) electrons. The molecule has 1 aromatic heterocycles. The molecule has 0 amide bonds. The zero-order chi connectivity index (χ0) is 16.9. The molecule has 0 saturated carbocycles. The molecule has 0 aliphatic rings. The quantitative estimate of drug-likeness (QED) is 0.713. The minimum Gasteiger partial charge on any atom is -0.508 e. The second-order valence-electron chi connectivity index (χ2n) is 5.00. The lowest BCUT2D eigenvalue weighted by molar-refractivity contribution is 0.0468. The monoisotopic (exact) mass is 341 g/mol. The number of thiazole rings is 1. The van der Waals surface area contributed by atoms with Gasteiger partial charge >= 0.3 is 5.97 Å². The number of nitrogens with zero attached hydrogens (tertiary/aromatic N) is 1. The van der Waals surface area contributed by atoms with E-state index in [-0.39, 0.29) is 12.4 Å². The van der Waals surface area contributed by atoms with Crippen molar-refractivity contribution in [3.63, 3.8) is 0 Å². The molecule has 0 unspecified atom stereocenters. The van der Waals surface area contributed by atoms with Crippen molar-refractivity contribution < 1.29 is 19.4 Å². The lowest BCUT2D eigenvalue weighted by atomic mass is 10.2. The summed E-state index contributed by atoms with van der Waals surface area (Å²) in [5.74, 6) is 0.291. The van der Waals surface area contributed by atoms with Crippen molar-refractivity contribution in [3.05, 3.63) is 65.2 Å². The van der Waals surface area contributed by atoms with Crippen LogP contribution in [-0.4, -0.2) is 23.2 Å². The van der Waals surface area contributed by atoms with Crippen LogP contribution in [0.1, 0.15) is 16.1 Å². The van der Waals surface area contributed by atoms with Crippen LogP contribution >= 0.6 is 11.3 Å². The minimum atomic E-state index is -0.498. The smallest absolute Gasteiger partial charge is 0.338 e. The molecule has 3 rings (SSSR count). The number of carbonyl (C=O) groups excluding carboxylic acids is 1. The van der Waals surface area contributed by atoms with Gasteiger partial charge in [0.1, 0.15) is 23.1 Å². The highest BCUT2D eigenvalue weighted by Crippen LogP contribution is 2.27. The summed E-state index contributed by atoms with van der Waals surface area (Å²) in [5.41, 5.74) is 1.93. The Morgan fingerprint density at radius 2 is 2.04 bits per heavy atom. The normalized spacial score (nSPS) is 10.4. The molecule has 1 heterocycles. The molecule has 1 N–H and O–H groups in total. The number of aromatic hydroxyl groups is 1. The van der Waals surface area contributed by atoms with Gasteiger partial charge in [0.2, 0.25) is 0 Å². The fourth-order valence-electron chi connectivity index (χ4n) is 2.12. The molecule has 122 valence electrons. The molecule has 0 aliphatic carbocycles. The van der Waals surface area contributed by atoms with E-state index >= 15 is 0 Å². The highest BCUT2D eigenvalue weighted by molar-refractivity contribution is 7.13. The van der Waals surface area contributed by atoms with Crippen LogP contribution in [0, 0.1) is 0 Å². The average Bonchev–Trinajstić information content (AvgIpc) is 3.09. The number of rotatable bonds is 5. The Labute approximate surface area is 143 Å². The van der Waals surface area contributed by atoms with Gasteiger partial charge in [-0.25, -0.2) is 9.78 Å². The molecule has 0 atom stereocenters. The Balaban J connectivity index is 1.67. The van der Waals surface area contributed by atoms with E-state index in [9.17, 15) is 9.90 Å². The molecule has 0 saturated heterocycles. The van der Waals surface area contributed by atoms with Crippen LogP contribution in [0.2, 0.25) is 0 Å². The number of benzene rings is 2. The van der Waals surface area contributed by atoms with Crippen LogP contribution in [0.4, 0.5) is 0 Å². The van der Waals surface area contributed by atoms with E-state index in [0.717, 1.165) is 16.3 Å². The first-order valence-electron chi connectivity index (χ1n) is 7.20. The van der Waals surface area contributed by atoms with E-state index in [2.05, 4.69) is 4.98 Å². The summed E-state index contributed by atoms with van der Waals surface area (Å²) in [6.07, 6.45) is 0. The first-order valence-corrected chi connectivity index (χ1v) is 8.08. The number of hydrogen-bond acceptors (Lipinski definition) is 6. The molecule has 3 aromatic rings. The summed E-state index contributed by atoms with van der Waals surface area (Å²) in [6, 6.07) is 13.7. The fourth-order valence-corrected chi connectivity index (χ4v) is 2.92. The van der Waals surface area contributed by atoms with Crippen molar-refractivity contribution in [2.24, 2.45) is 0 Å². The van der Waals surface area contributed by atoms with E-state index in [1.165, 1.54) is 23.5 Å². The van der Waals surface area contributed by atoms with Gasteiger partial charge in [0, 0.05) is 10.9 Å². The molecule has 0 aliphatic heterocycles. The maximum Gasteiger partial charge on any atom is 0.338 e. The number of ether oxygens (including phenoxy) is 2. The van der Waals surface area contributed by atoms with Gasteiger partial charge in [0.15, 0.2) is 0 Å². The van der Waals surface area contributed by atoms with E-state index in [4.69, 9.17) is 9.47 Å². The van der Waals surface area contributed by atoms with Crippen molar-refractivity contribution in [1.29, 1.82) is 0 Å². The zero-order valence-electron chi connectivity index (χ0n) is 12.9. The number of phenols is 1. The van der Waals surface area contributed by atoms with Gasteiger partial charge in [-0.2, -0.15) is 0 Å². The predicted molar refractivity (Wildman–Crippen MR) is 91.3 cm³/mol. The highest BCUT2D eigenvalue weighted by Gasteiger charge is 2.11. The number of aromatic nitrogens is 1. The maximum atomic E-state index is 12.0. The number of hydrogen-bond donors (Lipinski definition) is 1. The molecule has 5 nitrogen and oxygen atoms in total. The third-order valence-electron chi connectivity index (χ3n) is 3.30. The SMILES string of the molecule is COc1cccc(-c2nc(COC(=O)c3cccc(O)c3)cs2)c1. The second-order valence-corrected chi connectivity index (χ2v) is 5.86. The average molecular weight is 341 g/mol. The van der Waals surface area contributed by atoms with Crippen molar-refractivity contribution >= 4 is 17.3 Å². The zero-order valence-corrected chi connectivity index (χ0v) is 13.7. The Kier molecular flexibility index (Phi) is 4.77. The molecule has 0 fully saturated rings. The van der Waals surface area contributed by atoms with E-state index in [0.29, 0.717) is 11.3 Å². The Bertz CT molecular complexity index is 859. The number of methoxy groups -OCH3 is 1. The summed E-state index contributed by atoms with van der Waals surface area (Å²) in [6.45, 7) is 0.0783. The molecular formula is C18H15NO4S. The molecule has 24 heavy (non-hydrogen) atoms. The van der Waals surface area contributed by atoms with Crippen LogP contribution < -0.4 is 4.74 Å². The van der Waals surface area contributed by atoms with Gasteiger partial charge in [0.05, 0.1) is 18.4 Å². The van der Waals surface area contributed by atoms with Crippen LogP contribution in [0.5, 0.6) is 11.5 Å². The lowest BCUT2D eigenvalue weighted by Gasteiger charge is -2.03. The van der Waals surface area contributed by atoms with Crippen LogP contribution in [0.3, 0.4) is 0 Å². The van der Waals surface area contributed by atoms with Crippen LogP contribution in [0.25, 0.3) is 10.6 Å². The van der Waals surface area contributed by atoms with Gasteiger partial charge < -0.3 is 14.6 Å². The van der Waals surface area contributed by atoms with Gasteiger partial charge in [-0.3, -0.25) is 0 Å². The Hall–Kier alpha value is -2.86. The second kappa shape index (κ2) is 7.14. The highest BCUT2D eigenvalue weighted by atomic mass is 32.1. The Morgan fingerprint density at radius 1 is 1.21 bits per heavy atom. The standard InChI is InChI=1S/C18H15NO4S/c1-22-16-7-3-4-12(9-16)17-19-14(11-24-17)10-23-18(21)13-5-2-6-15(20)8-13/h2-9,11,20H,10H2,1H3. The first kappa shape index (κ1) is 16.0. The fraction of sp³-hybridized carbons (Fsp3) is 0.111. The minimum absolute atomic E-state index is 0.0263. The number of esters is 1. The van der Waals surface area contributed by atoms with Gasteiger partial charge in [0.25, 0.3) is 0 Å². The Morgan fingerprint density at radius 3 is 2.83 bits per heavy atom. The van der Waals surface area contributed by atoms with Crippen LogP contribution in [0.15, 0.2) is 53.9 Å². The van der Waals surface area contributed by atoms with Gasteiger partial charge in [-0.1, -0.05) is 18.2 Å². The number of phenolic OH excluding ortho intramolecular Hbond substituents is 1. The van der Waals surface area contributed by atoms with Crippen LogP contribution in [-0.2, 0) is 11.3 Å². The third-order valence-corrected chi connectivity index (χ3v) is 4.24. The molecular weight excluding hydrogens is 326 g/mol. The predicted octanol–water partition coefficient (Wildman–Crippen LogP) is 3.88. The van der Waals surface area contributed by atoms with Crippen molar-refractivity contribution in [3.8, 4) is 22.1 Å². The maximum absolute atomic E-state index is 12.0. The van der Waals surface area contributed by atoms with Crippen molar-refractivity contribution in [2.45, 2.75) is 6.61 Å². The van der Waals surface area contributed by atoms with E-state index in [1.54, 1.807) is 19.2 Å². The van der Waals surface area contributed by atoms with Crippen molar-refractivity contribution in [1.82, 2.24) is 4.98 Å².